The molecular formula is C26H28N2. The van der Waals surface area contributed by atoms with E-state index in [1.165, 1.54) is 16.7 Å². The minimum absolute atomic E-state index is 0.141. The van der Waals surface area contributed by atoms with Gasteiger partial charge in [-0.05, 0) is 33.6 Å². The zero-order chi connectivity index (χ0) is 20.1. The average molecular weight is 369 g/mol. The predicted molar refractivity (Wildman–Crippen MR) is 121 cm³/mol. The van der Waals surface area contributed by atoms with E-state index in [0.717, 1.165) is 28.3 Å². The van der Waals surface area contributed by atoms with Gasteiger partial charge in [0, 0.05) is 17.3 Å². The van der Waals surface area contributed by atoms with E-state index < -0.39 is 0 Å². The molecule has 0 N–H and O–H groups in total. The molecule has 28 heavy (non-hydrogen) atoms. The second-order valence-corrected chi connectivity index (χ2v) is 9.67. The van der Waals surface area contributed by atoms with Gasteiger partial charge in [0.05, 0.1) is 17.1 Å². The molecule has 0 saturated carbocycles. The van der Waals surface area contributed by atoms with Crippen LogP contribution in [0.15, 0.2) is 70.8 Å². The molecule has 0 fully saturated rings. The minimum Gasteiger partial charge on any atom is -0.254 e. The van der Waals surface area contributed by atoms with Crippen LogP contribution in [-0.2, 0) is 10.8 Å². The van der Waals surface area contributed by atoms with Crippen LogP contribution in [-0.4, -0.2) is 11.4 Å². The fourth-order valence-electron chi connectivity index (χ4n) is 3.65. The Bertz CT molecular complexity index is 970. The summed E-state index contributed by atoms with van der Waals surface area (Å²) in [6.07, 6.45) is 3.84. The largest absolute Gasteiger partial charge is 0.254 e. The first kappa shape index (κ1) is 18.6. The molecule has 0 saturated heterocycles. The van der Waals surface area contributed by atoms with Crippen LogP contribution < -0.4 is 0 Å². The van der Waals surface area contributed by atoms with Crippen molar-refractivity contribution in [2.75, 3.05) is 0 Å². The summed E-state index contributed by atoms with van der Waals surface area (Å²) in [6, 6.07) is 17.7. The standard InChI is InChI=1S/C26H28N2/c1-25(2,3)19-11-7-17(8-12-19)22-23(28-21-15-16-27-24(21)22)18-9-13-20(14-10-18)26(4,5)6/h7-16H,1-6H3. The summed E-state index contributed by atoms with van der Waals surface area (Å²) in [5.74, 6) is 0. The first-order chi connectivity index (χ1) is 13.1. The summed E-state index contributed by atoms with van der Waals surface area (Å²) in [5.41, 5.74) is 9.35. The van der Waals surface area contributed by atoms with E-state index in [4.69, 9.17) is 4.99 Å². The van der Waals surface area contributed by atoms with Crippen molar-refractivity contribution in [3.8, 4) is 0 Å². The molecule has 0 bridgehead atoms. The summed E-state index contributed by atoms with van der Waals surface area (Å²) in [4.78, 5) is 9.53. The molecule has 0 aromatic heterocycles. The maximum absolute atomic E-state index is 4.92. The highest BCUT2D eigenvalue weighted by atomic mass is 14.9. The van der Waals surface area contributed by atoms with Crippen LogP contribution in [0, 0.1) is 0 Å². The Morgan fingerprint density at radius 3 is 1.64 bits per heavy atom. The fraction of sp³-hybridized carbons (Fsp3) is 0.308. The van der Waals surface area contributed by atoms with E-state index in [9.17, 15) is 0 Å². The Morgan fingerprint density at radius 1 is 0.643 bits per heavy atom. The van der Waals surface area contributed by atoms with Gasteiger partial charge in [-0.1, -0.05) is 90.1 Å². The van der Waals surface area contributed by atoms with E-state index in [2.05, 4.69) is 95.1 Å². The van der Waals surface area contributed by atoms with Gasteiger partial charge >= 0.3 is 0 Å². The predicted octanol–water partition coefficient (Wildman–Crippen LogP) is 6.57. The molecule has 2 aliphatic rings. The number of rotatable bonds is 2. The summed E-state index contributed by atoms with van der Waals surface area (Å²) >= 11 is 0. The van der Waals surface area contributed by atoms with E-state index >= 15 is 0 Å². The molecule has 0 unspecified atom stereocenters. The molecule has 0 spiro atoms. The quantitative estimate of drug-likeness (QED) is 0.572. The van der Waals surface area contributed by atoms with Gasteiger partial charge in [0.15, 0.2) is 0 Å². The minimum atomic E-state index is 0.141. The van der Waals surface area contributed by atoms with Crippen LogP contribution in [0.25, 0.3) is 11.3 Å². The van der Waals surface area contributed by atoms with E-state index in [1.807, 2.05) is 12.3 Å². The van der Waals surface area contributed by atoms with Crippen molar-refractivity contribution in [3.63, 3.8) is 0 Å². The second kappa shape index (κ2) is 6.41. The van der Waals surface area contributed by atoms with Crippen LogP contribution >= 0.6 is 0 Å². The third kappa shape index (κ3) is 3.28. The van der Waals surface area contributed by atoms with Crippen LogP contribution in [0.3, 0.4) is 0 Å². The zero-order valence-corrected chi connectivity index (χ0v) is 17.7. The third-order valence-electron chi connectivity index (χ3n) is 5.45. The number of nitrogens with zero attached hydrogens (tertiary/aromatic N) is 2. The van der Waals surface area contributed by atoms with Crippen molar-refractivity contribution in [1.29, 1.82) is 0 Å². The SMILES string of the molecule is CC(C)(C)c1ccc(C2=C(c3ccc(C(C)(C)C)cc3)C3=NC=CC3=N2)cc1. The molecule has 0 amide bonds. The van der Waals surface area contributed by atoms with Crippen LogP contribution in [0.2, 0.25) is 0 Å². The van der Waals surface area contributed by atoms with Crippen molar-refractivity contribution in [1.82, 2.24) is 0 Å². The Balaban J connectivity index is 1.80. The number of allylic oxidation sites excluding steroid dienone is 2. The van der Waals surface area contributed by atoms with Crippen molar-refractivity contribution < 1.29 is 0 Å². The topological polar surface area (TPSA) is 24.7 Å². The van der Waals surface area contributed by atoms with Crippen molar-refractivity contribution in [3.05, 3.63) is 83.1 Å². The Labute approximate surface area is 168 Å². The van der Waals surface area contributed by atoms with Crippen LogP contribution in [0.1, 0.15) is 63.8 Å². The number of hydrogen-bond acceptors (Lipinski definition) is 2. The lowest BCUT2D eigenvalue weighted by atomic mass is 9.85. The molecule has 4 rings (SSSR count). The molecule has 2 aromatic carbocycles. The van der Waals surface area contributed by atoms with E-state index in [0.29, 0.717) is 0 Å². The van der Waals surface area contributed by atoms with Crippen LogP contribution in [0.5, 0.6) is 0 Å². The first-order valence-electron chi connectivity index (χ1n) is 9.94. The average Bonchev–Trinajstić information content (AvgIpc) is 3.21. The zero-order valence-electron chi connectivity index (χ0n) is 17.7. The third-order valence-corrected chi connectivity index (χ3v) is 5.45. The Morgan fingerprint density at radius 2 is 1.14 bits per heavy atom. The van der Waals surface area contributed by atoms with Gasteiger partial charge in [-0.25, -0.2) is 4.99 Å². The van der Waals surface area contributed by atoms with Crippen LogP contribution in [0.4, 0.5) is 0 Å². The molecule has 2 aromatic rings. The highest BCUT2D eigenvalue weighted by Crippen LogP contribution is 2.37. The monoisotopic (exact) mass is 368 g/mol. The molecule has 0 atom stereocenters. The fourth-order valence-corrected chi connectivity index (χ4v) is 3.65. The van der Waals surface area contributed by atoms with Crippen molar-refractivity contribution in [2.45, 2.75) is 52.4 Å². The molecular weight excluding hydrogens is 340 g/mol. The van der Waals surface area contributed by atoms with Gasteiger partial charge in [0.1, 0.15) is 0 Å². The number of aliphatic imine (C=N–C) groups is 2. The molecule has 2 aliphatic heterocycles. The van der Waals surface area contributed by atoms with Gasteiger partial charge in [-0.2, -0.15) is 0 Å². The summed E-state index contributed by atoms with van der Waals surface area (Å²) in [5, 5.41) is 0. The van der Waals surface area contributed by atoms with Gasteiger partial charge in [0.2, 0.25) is 0 Å². The normalized spacial score (nSPS) is 16.4. The Kier molecular flexibility index (Phi) is 4.26. The highest BCUT2D eigenvalue weighted by molar-refractivity contribution is 6.67. The maximum atomic E-state index is 4.92. The summed E-state index contributed by atoms with van der Waals surface area (Å²) in [7, 11) is 0. The first-order valence-corrected chi connectivity index (χ1v) is 9.94. The lowest BCUT2D eigenvalue weighted by Gasteiger charge is -2.20. The molecule has 2 nitrogen and oxygen atoms in total. The molecule has 0 radical (unpaired) electrons. The second-order valence-electron chi connectivity index (χ2n) is 9.67. The maximum Gasteiger partial charge on any atom is 0.0987 e. The molecule has 2 heterocycles. The highest BCUT2D eigenvalue weighted by Gasteiger charge is 2.28. The summed E-state index contributed by atoms with van der Waals surface area (Å²) < 4.78 is 0. The number of benzene rings is 2. The van der Waals surface area contributed by atoms with E-state index in [1.54, 1.807) is 0 Å². The smallest absolute Gasteiger partial charge is 0.0987 e. The number of hydrogen-bond donors (Lipinski definition) is 0. The lowest BCUT2D eigenvalue weighted by molar-refractivity contribution is 0.590. The summed E-state index contributed by atoms with van der Waals surface area (Å²) in [6.45, 7) is 13.4. The van der Waals surface area contributed by atoms with Gasteiger partial charge in [-0.3, -0.25) is 4.99 Å². The van der Waals surface area contributed by atoms with Crippen molar-refractivity contribution >= 4 is 22.7 Å². The van der Waals surface area contributed by atoms with E-state index in [-0.39, 0.29) is 10.8 Å². The lowest BCUT2D eigenvalue weighted by Crippen LogP contribution is -2.11. The van der Waals surface area contributed by atoms with Gasteiger partial charge < -0.3 is 0 Å². The Hall–Kier alpha value is -2.74. The molecule has 0 aliphatic carbocycles. The molecule has 142 valence electrons. The van der Waals surface area contributed by atoms with Gasteiger partial charge in [0.25, 0.3) is 0 Å². The molecule has 2 heteroatoms. The van der Waals surface area contributed by atoms with Crippen molar-refractivity contribution in [2.24, 2.45) is 9.98 Å². The van der Waals surface area contributed by atoms with Gasteiger partial charge in [-0.15, -0.1) is 0 Å². The number of fused-ring (bicyclic) bond motifs is 1.